The molecule has 0 aliphatic rings. The van der Waals surface area contributed by atoms with Crippen molar-refractivity contribution in [2.75, 3.05) is 19.0 Å². The van der Waals surface area contributed by atoms with E-state index >= 15 is 0 Å². The van der Waals surface area contributed by atoms with Crippen LogP contribution in [-0.4, -0.2) is 23.6 Å². The van der Waals surface area contributed by atoms with Gasteiger partial charge < -0.3 is 9.47 Å². The largest absolute Gasteiger partial charge is 0.378 e. The maximum absolute atomic E-state index is 9.19. The first-order chi connectivity index (χ1) is 9.52. The van der Waals surface area contributed by atoms with Gasteiger partial charge in [0.05, 0.1) is 5.69 Å². The summed E-state index contributed by atoms with van der Waals surface area (Å²) in [5.74, 6) is 0.888. The summed E-state index contributed by atoms with van der Waals surface area (Å²) in [6.07, 6.45) is 1.70. The molecule has 2 aromatic rings. The molecule has 4 heteroatoms. The van der Waals surface area contributed by atoms with Crippen LogP contribution in [0.1, 0.15) is 22.8 Å². The smallest absolute Gasteiger partial charge is 0.143 e. The molecule has 0 N–H and O–H groups in total. The van der Waals surface area contributed by atoms with Crippen LogP contribution in [0.25, 0.3) is 0 Å². The fourth-order valence-electron chi connectivity index (χ4n) is 2.22. The zero-order valence-corrected chi connectivity index (χ0v) is 12.5. The highest BCUT2D eigenvalue weighted by molar-refractivity contribution is 5.46. The summed E-state index contributed by atoms with van der Waals surface area (Å²) >= 11 is 0. The Hall–Kier alpha value is -2.28. The average molecular weight is 268 g/mol. The molecule has 1 aromatic carbocycles. The molecule has 0 radical (unpaired) electrons. The van der Waals surface area contributed by atoms with Crippen molar-refractivity contribution in [1.29, 1.82) is 5.26 Å². The van der Waals surface area contributed by atoms with Gasteiger partial charge in [0.2, 0.25) is 0 Å². The topological polar surface area (TPSA) is 44.9 Å². The standard InChI is InChI=1S/C16H20N4/c1-12-18-15(16(11-17)20(12)4)10-7-13-5-8-14(9-6-13)19(2)3/h5-6,8-9H,7,10H2,1-4H3. The molecule has 0 saturated heterocycles. The first-order valence-corrected chi connectivity index (χ1v) is 6.71. The predicted molar refractivity (Wildman–Crippen MR) is 80.8 cm³/mol. The van der Waals surface area contributed by atoms with Crippen LogP contribution in [0.15, 0.2) is 24.3 Å². The minimum Gasteiger partial charge on any atom is -0.378 e. The van der Waals surface area contributed by atoms with E-state index in [-0.39, 0.29) is 0 Å². The molecule has 0 aliphatic heterocycles. The zero-order valence-electron chi connectivity index (χ0n) is 12.5. The van der Waals surface area contributed by atoms with E-state index in [9.17, 15) is 5.26 Å². The molecule has 0 fully saturated rings. The van der Waals surface area contributed by atoms with Gasteiger partial charge in [-0.2, -0.15) is 5.26 Å². The van der Waals surface area contributed by atoms with Crippen LogP contribution in [0, 0.1) is 18.3 Å². The molecule has 0 amide bonds. The quantitative estimate of drug-likeness (QED) is 0.855. The van der Waals surface area contributed by atoms with Gasteiger partial charge in [0.1, 0.15) is 17.6 Å². The molecule has 0 saturated carbocycles. The number of benzene rings is 1. The van der Waals surface area contributed by atoms with E-state index in [2.05, 4.69) is 40.2 Å². The van der Waals surface area contributed by atoms with E-state index in [1.165, 1.54) is 11.3 Å². The number of anilines is 1. The van der Waals surface area contributed by atoms with Crippen LogP contribution in [0.2, 0.25) is 0 Å². The summed E-state index contributed by atoms with van der Waals surface area (Å²) in [5, 5.41) is 9.19. The summed E-state index contributed by atoms with van der Waals surface area (Å²) in [5.41, 5.74) is 4.03. The summed E-state index contributed by atoms with van der Waals surface area (Å²) in [4.78, 5) is 6.56. The monoisotopic (exact) mass is 268 g/mol. The maximum Gasteiger partial charge on any atom is 0.143 e. The molecule has 0 spiro atoms. The Morgan fingerprint density at radius 2 is 1.85 bits per heavy atom. The van der Waals surface area contributed by atoms with Gasteiger partial charge in [-0.15, -0.1) is 0 Å². The lowest BCUT2D eigenvalue weighted by atomic mass is 10.1. The number of nitrogens with zero attached hydrogens (tertiary/aromatic N) is 4. The first kappa shape index (κ1) is 14.1. The summed E-state index contributed by atoms with van der Waals surface area (Å²) in [6, 6.07) is 10.7. The van der Waals surface area contributed by atoms with Crippen molar-refractivity contribution >= 4 is 5.69 Å². The lowest BCUT2D eigenvalue weighted by Gasteiger charge is -2.12. The van der Waals surface area contributed by atoms with Crippen LogP contribution in [0.5, 0.6) is 0 Å². The van der Waals surface area contributed by atoms with Crippen molar-refractivity contribution in [3.63, 3.8) is 0 Å². The van der Waals surface area contributed by atoms with Gasteiger partial charge in [-0.3, -0.25) is 0 Å². The molecule has 104 valence electrons. The summed E-state index contributed by atoms with van der Waals surface area (Å²) < 4.78 is 1.85. The third-order valence-corrected chi connectivity index (χ3v) is 3.60. The van der Waals surface area contributed by atoms with Crippen molar-refractivity contribution in [2.45, 2.75) is 19.8 Å². The second-order valence-corrected chi connectivity index (χ2v) is 5.19. The molecule has 0 atom stereocenters. The second-order valence-electron chi connectivity index (χ2n) is 5.19. The summed E-state index contributed by atoms with van der Waals surface area (Å²) in [6.45, 7) is 1.93. The Morgan fingerprint density at radius 1 is 1.20 bits per heavy atom. The van der Waals surface area contributed by atoms with Gasteiger partial charge in [-0.05, 0) is 37.5 Å². The van der Waals surface area contributed by atoms with Crippen molar-refractivity contribution < 1.29 is 0 Å². The predicted octanol–water partition coefficient (Wildman–Crippen LogP) is 2.45. The highest BCUT2D eigenvalue weighted by Crippen LogP contribution is 2.15. The van der Waals surface area contributed by atoms with Crippen molar-refractivity contribution in [3.8, 4) is 6.07 Å². The van der Waals surface area contributed by atoms with Gasteiger partial charge >= 0.3 is 0 Å². The van der Waals surface area contributed by atoms with Crippen molar-refractivity contribution in [2.24, 2.45) is 7.05 Å². The number of hydrogen-bond donors (Lipinski definition) is 0. The fourth-order valence-corrected chi connectivity index (χ4v) is 2.22. The average Bonchev–Trinajstić information content (AvgIpc) is 2.71. The second kappa shape index (κ2) is 5.79. The van der Waals surface area contributed by atoms with Crippen molar-refractivity contribution in [3.05, 3.63) is 47.0 Å². The SMILES string of the molecule is Cc1nc(CCc2ccc(N(C)C)cc2)c(C#N)n1C. The Balaban J connectivity index is 2.09. The van der Waals surface area contributed by atoms with Gasteiger partial charge in [0, 0.05) is 26.8 Å². The van der Waals surface area contributed by atoms with Crippen LogP contribution >= 0.6 is 0 Å². The molecule has 1 heterocycles. The van der Waals surface area contributed by atoms with Crippen molar-refractivity contribution in [1.82, 2.24) is 9.55 Å². The molecule has 20 heavy (non-hydrogen) atoms. The highest BCUT2D eigenvalue weighted by Gasteiger charge is 2.11. The van der Waals surface area contributed by atoms with E-state index in [0.29, 0.717) is 5.69 Å². The normalized spacial score (nSPS) is 10.3. The number of nitriles is 1. The highest BCUT2D eigenvalue weighted by atomic mass is 15.1. The molecule has 0 bridgehead atoms. The third kappa shape index (κ3) is 2.83. The van der Waals surface area contributed by atoms with Crippen LogP contribution < -0.4 is 4.90 Å². The number of aryl methyl sites for hydroxylation is 3. The van der Waals surface area contributed by atoms with Crippen LogP contribution in [0.3, 0.4) is 0 Å². The lowest BCUT2D eigenvalue weighted by Crippen LogP contribution is -2.08. The van der Waals surface area contributed by atoms with Gasteiger partial charge in [-0.25, -0.2) is 4.98 Å². The Bertz CT molecular complexity index is 630. The molecule has 4 nitrogen and oxygen atoms in total. The van der Waals surface area contributed by atoms with E-state index in [0.717, 1.165) is 24.4 Å². The molecular weight excluding hydrogens is 248 g/mol. The number of rotatable bonds is 4. The Kier molecular flexibility index (Phi) is 4.09. The fraction of sp³-hybridized carbons (Fsp3) is 0.375. The number of imidazole rings is 1. The maximum atomic E-state index is 9.19. The van der Waals surface area contributed by atoms with Crippen LogP contribution in [0.4, 0.5) is 5.69 Å². The van der Waals surface area contributed by atoms with E-state index in [4.69, 9.17) is 0 Å². The van der Waals surface area contributed by atoms with Gasteiger partial charge in [-0.1, -0.05) is 12.1 Å². The zero-order chi connectivity index (χ0) is 14.7. The minimum atomic E-state index is 0.674. The van der Waals surface area contributed by atoms with Gasteiger partial charge in [0.15, 0.2) is 0 Å². The van der Waals surface area contributed by atoms with E-state index in [1.54, 1.807) is 0 Å². The van der Waals surface area contributed by atoms with E-state index in [1.807, 2.05) is 32.6 Å². The minimum absolute atomic E-state index is 0.674. The molecule has 0 aliphatic carbocycles. The molecule has 1 aromatic heterocycles. The molecule has 2 rings (SSSR count). The number of aromatic nitrogens is 2. The summed E-state index contributed by atoms with van der Waals surface area (Å²) in [7, 11) is 5.95. The van der Waals surface area contributed by atoms with Gasteiger partial charge in [0.25, 0.3) is 0 Å². The van der Waals surface area contributed by atoms with Crippen LogP contribution in [-0.2, 0) is 19.9 Å². The first-order valence-electron chi connectivity index (χ1n) is 6.71. The lowest BCUT2D eigenvalue weighted by molar-refractivity contribution is 0.844. The molecule has 0 unspecified atom stereocenters. The third-order valence-electron chi connectivity index (χ3n) is 3.60. The van der Waals surface area contributed by atoms with E-state index < -0.39 is 0 Å². The molecular formula is C16H20N4. The Morgan fingerprint density at radius 3 is 2.40 bits per heavy atom. The number of hydrogen-bond acceptors (Lipinski definition) is 3. The Labute approximate surface area is 120 Å².